The maximum absolute atomic E-state index is 9.86. The van der Waals surface area contributed by atoms with Gasteiger partial charge in [-0.2, -0.15) is 5.10 Å². The number of para-hydroxylation sites is 1. The Morgan fingerprint density at radius 2 is 2.12 bits per heavy atom. The molecule has 2 aromatic heterocycles. The summed E-state index contributed by atoms with van der Waals surface area (Å²) in [6.45, 7) is 5.25. The van der Waals surface area contributed by atoms with Gasteiger partial charge < -0.3 is 14.6 Å². The zero-order valence-electron chi connectivity index (χ0n) is 15.1. The van der Waals surface area contributed by atoms with Gasteiger partial charge in [-0.15, -0.1) is 0 Å². The molecule has 6 nitrogen and oxygen atoms in total. The van der Waals surface area contributed by atoms with E-state index in [0.717, 1.165) is 56.1 Å². The number of aromatic nitrogens is 2. The number of benzene rings is 1. The van der Waals surface area contributed by atoms with Crippen molar-refractivity contribution in [2.45, 2.75) is 45.5 Å². The van der Waals surface area contributed by atoms with E-state index in [0.29, 0.717) is 5.69 Å². The predicted molar refractivity (Wildman–Crippen MR) is 98.6 cm³/mol. The van der Waals surface area contributed by atoms with Gasteiger partial charge in [0.05, 0.1) is 18.0 Å². The summed E-state index contributed by atoms with van der Waals surface area (Å²) in [6.07, 6.45) is 0.968. The molecule has 1 atom stereocenters. The summed E-state index contributed by atoms with van der Waals surface area (Å²) < 4.78 is 8.00. The second-order valence-electron chi connectivity index (χ2n) is 6.90. The zero-order valence-corrected chi connectivity index (χ0v) is 15.1. The van der Waals surface area contributed by atoms with E-state index in [1.807, 2.05) is 22.9 Å². The quantitative estimate of drug-likeness (QED) is 0.736. The van der Waals surface area contributed by atoms with Crippen LogP contribution < -0.4 is 0 Å². The molecule has 2 N–H and O–H groups in total. The smallest absolute Gasteiger partial charge is 0.134 e. The number of nitrogens with zero attached hydrogens (tertiary/aromatic N) is 3. The Balaban J connectivity index is 1.60. The molecule has 1 aliphatic heterocycles. The van der Waals surface area contributed by atoms with Crippen LogP contribution >= 0.6 is 0 Å². The van der Waals surface area contributed by atoms with Crippen LogP contribution in [0.1, 0.15) is 42.2 Å². The van der Waals surface area contributed by atoms with Crippen LogP contribution in [0.3, 0.4) is 0 Å². The van der Waals surface area contributed by atoms with Crippen molar-refractivity contribution in [3.63, 3.8) is 0 Å². The summed E-state index contributed by atoms with van der Waals surface area (Å²) in [7, 11) is 0. The SMILES string of the molecule is CCc1oc2ccccc2c1CN1CCCn2nc([C@@H](O)CO)cc2C1. The van der Waals surface area contributed by atoms with Gasteiger partial charge in [-0.05, 0) is 18.6 Å². The van der Waals surface area contributed by atoms with Crippen molar-refractivity contribution in [1.29, 1.82) is 0 Å². The van der Waals surface area contributed by atoms with Crippen molar-refractivity contribution >= 4 is 11.0 Å². The first kappa shape index (κ1) is 17.3. The summed E-state index contributed by atoms with van der Waals surface area (Å²) in [5, 5.41) is 24.7. The number of aliphatic hydroxyl groups excluding tert-OH is 2. The number of hydrogen-bond acceptors (Lipinski definition) is 5. The summed E-state index contributed by atoms with van der Waals surface area (Å²) in [5.74, 6) is 1.06. The first-order chi connectivity index (χ1) is 12.7. The molecule has 3 heterocycles. The van der Waals surface area contributed by atoms with E-state index < -0.39 is 6.10 Å². The van der Waals surface area contributed by atoms with Crippen molar-refractivity contribution in [2.24, 2.45) is 0 Å². The molecule has 1 aliphatic rings. The second-order valence-corrected chi connectivity index (χ2v) is 6.90. The molecule has 0 radical (unpaired) electrons. The first-order valence-electron chi connectivity index (χ1n) is 9.26. The van der Waals surface area contributed by atoms with Gasteiger partial charge in [0.1, 0.15) is 17.4 Å². The van der Waals surface area contributed by atoms with E-state index in [9.17, 15) is 5.11 Å². The van der Waals surface area contributed by atoms with E-state index in [4.69, 9.17) is 9.52 Å². The third-order valence-corrected chi connectivity index (χ3v) is 5.11. The van der Waals surface area contributed by atoms with E-state index >= 15 is 0 Å². The summed E-state index contributed by atoms with van der Waals surface area (Å²) >= 11 is 0. The van der Waals surface area contributed by atoms with Crippen LogP contribution in [0.5, 0.6) is 0 Å². The highest BCUT2D eigenvalue weighted by Gasteiger charge is 2.22. The topological polar surface area (TPSA) is 74.7 Å². The fourth-order valence-electron chi connectivity index (χ4n) is 3.77. The van der Waals surface area contributed by atoms with Gasteiger partial charge in [0, 0.05) is 43.5 Å². The summed E-state index contributed by atoms with van der Waals surface area (Å²) in [5.41, 5.74) is 3.85. The van der Waals surface area contributed by atoms with Gasteiger partial charge in [-0.25, -0.2) is 0 Å². The van der Waals surface area contributed by atoms with Crippen molar-refractivity contribution in [2.75, 3.05) is 13.2 Å². The molecule has 3 aromatic rings. The third kappa shape index (κ3) is 3.16. The number of aliphatic hydroxyl groups is 2. The molecule has 0 aliphatic carbocycles. The predicted octanol–water partition coefficient (Wildman–Crippen LogP) is 2.62. The van der Waals surface area contributed by atoms with Crippen LogP contribution in [-0.2, 0) is 26.1 Å². The molecule has 138 valence electrons. The van der Waals surface area contributed by atoms with Crippen molar-refractivity contribution in [3.05, 3.63) is 53.0 Å². The van der Waals surface area contributed by atoms with Crippen LogP contribution in [0.25, 0.3) is 11.0 Å². The number of aryl methyl sites for hydroxylation is 2. The minimum absolute atomic E-state index is 0.305. The van der Waals surface area contributed by atoms with E-state index in [-0.39, 0.29) is 6.61 Å². The molecular formula is C20H25N3O3. The molecule has 0 amide bonds. The number of hydrogen-bond donors (Lipinski definition) is 2. The van der Waals surface area contributed by atoms with Gasteiger partial charge in [0.15, 0.2) is 0 Å². The van der Waals surface area contributed by atoms with Crippen molar-refractivity contribution in [1.82, 2.24) is 14.7 Å². The monoisotopic (exact) mass is 355 g/mol. The average molecular weight is 355 g/mol. The maximum Gasteiger partial charge on any atom is 0.134 e. The molecule has 1 aromatic carbocycles. The van der Waals surface area contributed by atoms with E-state index in [1.54, 1.807) is 0 Å². The normalized spacial score (nSPS) is 16.6. The lowest BCUT2D eigenvalue weighted by atomic mass is 10.1. The van der Waals surface area contributed by atoms with E-state index in [1.165, 1.54) is 10.9 Å². The fraction of sp³-hybridized carbons (Fsp3) is 0.450. The molecule has 0 spiro atoms. The highest BCUT2D eigenvalue weighted by molar-refractivity contribution is 5.82. The molecule has 0 bridgehead atoms. The van der Waals surface area contributed by atoms with Gasteiger partial charge in [0.2, 0.25) is 0 Å². The van der Waals surface area contributed by atoms with Gasteiger partial charge in [0.25, 0.3) is 0 Å². The van der Waals surface area contributed by atoms with Gasteiger partial charge in [-0.1, -0.05) is 25.1 Å². The minimum Gasteiger partial charge on any atom is -0.461 e. The lowest BCUT2D eigenvalue weighted by molar-refractivity contribution is 0.0916. The lowest BCUT2D eigenvalue weighted by Crippen LogP contribution is -2.23. The Bertz CT molecular complexity index is 899. The van der Waals surface area contributed by atoms with Crippen LogP contribution in [0.15, 0.2) is 34.7 Å². The van der Waals surface area contributed by atoms with Crippen LogP contribution in [-0.4, -0.2) is 38.0 Å². The van der Waals surface area contributed by atoms with Crippen molar-refractivity contribution < 1.29 is 14.6 Å². The van der Waals surface area contributed by atoms with E-state index in [2.05, 4.69) is 29.1 Å². The number of fused-ring (bicyclic) bond motifs is 2. The largest absolute Gasteiger partial charge is 0.461 e. The van der Waals surface area contributed by atoms with Crippen LogP contribution in [0.2, 0.25) is 0 Å². The standard InChI is InChI=1S/C20H25N3O3/c1-2-19-16(15-6-3-4-7-20(15)26-19)12-22-8-5-9-23-14(11-22)10-17(21-23)18(25)13-24/h3-4,6-7,10,18,24-25H,2,5,8-9,11-13H2,1H3/t18-/m0/s1. The Labute approximate surface area is 152 Å². The molecular weight excluding hydrogens is 330 g/mol. The summed E-state index contributed by atoms with van der Waals surface area (Å²) in [4.78, 5) is 2.41. The highest BCUT2D eigenvalue weighted by Crippen LogP contribution is 2.29. The Morgan fingerprint density at radius 1 is 1.27 bits per heavy atom. The number of rotatable bonds is 5. The lowest BCUT2D eigenvalue weighted by Gasteiger charge is -2.19. The minimum atomic E-state index is -0.910. The molecule has 6 heteroatoms. The Hall–Kier alpha value is -2.15. The zero-order chi connectivity index (χ0) is 18.1. The molecule has 4 rings (SSSR count). The average Bonchev–Trinajstić information content (AvgIpc) is 3.17. The molecule has 26 heavy (non-hydrogen) atoms. The Morgan fingerprint density at radius 3 is 2.92 bits per heavy atom. The van der Waals surface area contributed by atoms with Gasteiger partial charge in [-0.3, -0.25) is 9.58 Å². The second kappa shape index (κ2) is 7.23. The Kier molecular flexibility index (Phi) is 4.80. The molecule has 0 saturated heterocycles. The molecule has 0 saturated carbocycles. The highest BCUT2D eigenvalue weighted by atomic mass is 16.3. The van der Waals surface area contributed by atoms with Crippen molar-refractivity contribution in [3.8, 4) is 0 Å². The number of furan rings is 1. The maximum atomic E-state index is 9.86. The molecule has 0 fully saturated rings. The van der Waals surface area contributed by atoms with Crippen LogP contribution in [0, 0.1) is 0 Å². The molecule has 0 unspecified atom stereocenters. The van der Waals surface area contributed by atoms with Crippen LogP contribution in [0.4, 0.5) is 0 Å². The third-order valence-electron chi connectivity index (χ3n) is 5.11. The first-order valence-corrected chi connectivity index (χ1v) is 9.26. The van der Waals surface area contributed by atoms with Gasteiger partial charge >= 0.3 is 0 Å². The fourth-order valence-corrected chi connectivity index (χ4v) is 3.77. The summed E-state index contributed by atoms with van der Waals surface area (Å²) in [6, 6.07) is 10.1.